The fourth-order valence-corrected chi connectivity index (χ4v) is 2.58. The molecule has 0 atom stereocenters. The molecule has 0 aromatic carbocycles. The summed E-state index contributed by atoms with van der Waals surface area (Å²) in [4.78, 5) is 12.0. The van der Waals surface area contributed by atoms with E-state index in [9.17, 15) is 4.79 Å². The molecule has 1 aliphatic carbocycles. The number of rotatable bonds is 7. The van der Waals surface area contributed by atoms with Gasteiger partial charge in [0.05, 0.1) is 6.61 Å². The minimum Gasteiger partial charge on any atom is -0.464 e. The fourth-order valence-electron chi connectivity index (χ4n) is 2.58. The van der Waals surface area contributed by atoms with E-state index >= 15 is 0 Å². The van der Waals surface area contributed by atoms with Gasteiger partial charge in [-0.25, -0.2) is 0 Å². The summed E-state index contributed by atoms with van der Waals surface area (Å²) in [5.41, 5.74) is 5.50. The van der Waals surface area contributed by atoms with E-state index in [-0.39, 0.29) is 5.97 Å². The Balaban J connectivity index is 2.18. The third-order valence-electron chi connectivity index (χ3n) is 3.88. The summed E-state index contributed by atoms with van der Waals surface area (Å²) < 4.78 is 5.36. The topological polar surface area (TPSA) is 52.3 Å². The van der Waals surface area contributed by atoms with Gasteiger partial charge in [0, 0.05) is 0 Å². The number of nitrogens with two attached hydrogens (primary N) is 1. The Kier molecular flexibility index (Phi) is 7.33. The molecule has 1 aliphatic rings. The molecule has 3 heteroatoms. The molecule has 3 nitrogen and oxygen atoms in total. The number of unbranched alkanes of at least 4 members (excludes halogenated alkanes) is 4. The number of ether oxygens (including phenoxy) is 1. The molecule has 18 heavy (non-hydrogen) atoms. The van der Waals surface area contributed by atoms with Crippen LogP contribution >= 0.6 is 0 Å². The van der Waals surface area contributed by atoms with Gasteiger partial charge in [-0.15, -0.1) is 0 Å². The van der Waals surface area contributed by atoms with Gasteiger partial charge >= 0.3 is 5.97 Å². The molecular weight excluding hydrogens is 226 g/mol. The summed E-state index contributed by atoms with van der Waals surface area (Å²) in [6.45, 7) is 2.74. The van der Waals surface area contributed by atoms with Crippen molar-refractivity contribution in [3.8, 4) is 0 Å². The summed E-state index contributed by atoms with van der Waals surface area (Å²) in [5.74, 6) is -0.167. The zero-order valence-electron chi connectivity index (χ0n) is 11.9. The van der Waals surface area contributed by atoms with Crippen LogP contribution in [0.4, 0.5) is 0 Å². The van der Waals surface area contributed by atoms with E-state index in [1.807, 2.05) is 0 Å². The van der Waals surface area contributed by atoms with E-state index in [0.717, 1.165) is 38.5 Å². The lowest BCUT2D eigenvalue weighted by molar-refractivity contribution is -0.150. The highest BCUT2D eigenvalue weighted by molar-refractivity contribution is 5.80. The van der Waals surface area contributed by atoms with Crippen molar-refractivity contribution < 1.29 is 9.53 Å². The third kappa shape index (κ3) is 5.38. The largest absolute Gasteiger partial charge is 0.464 e. The lowest BCUT2D eigenvalue weighted by atomic mass is 9.92. The predicted octanol–water partition coefficient (Wildman–Crippen LogP) is 3.55. The summed E-state index contributed by atoms with van der Waals surface area (Å²) in [6, 6.07) is 0. The maximum absolute atomic E-state index is 12.0. The Labute approximate surface area is 111 Å². The van der Waals surface area contributed by atoms with Crippen molar-refractivity contribution in [1.82, 2.24) is 0 Å². The van der Waals surface area contributed by atoms with Crippen molar-refractivity contribution in [2.45, 2.75) is 83.1 Å². The zero-order valence-corrected chi connectivity index (χ0v) is 11.9. The first-order valence-corrected chi connectivity index (χ1v) is 7.65. The van der Waals surface area contributed by atoms with Crippen molar-refractivity contribution in [1.29, 1.82) is 0 Å². The van der Waals surface area contributed by atoms with Gasteiger partial charge in [0.15, 0.2) is 0 Å². The number of esters is 1. The Morgan fingerprint density at radius 2 is 1.67 bits per heavy atom. The Morgan fingerprint density at radius 1 is 1.06 bits per heavy atom. The third-order valence-corrected chi connectivity index (χ3v) is 3.88. The smallest absolute Gasteiger partial charge is 0.326 e. The maximum Gasteiger partial charge on any atom is 0.326 e. The normalized spacial score (nSPS) is 19.2. The van der Waals surface area contributed by atoms with Crippen LogP contribution in [0.1, 0.15) is 77.6 Å². The van der Waals surface area contributed by atoms with Crippen molar-refractivity contribution in [2.24, 2.45) is 5.73 Å². The number of carbonyl (C=O) groups excluding carboxylic acids is 1. The quantitative estimate of drug-likeness (QED) is 0.430. The van der Waals surface area contributed by atoms with Crippen LogP contribution in [0.5, 0.6) is 0 Å². The Bertz CT molecular complexity index is 233. The van der Waals surface area contributed by atoms with Crippen LogP contribution in [0, 0.1) is 0 Å². The molecule has 0 aromatic rings. The summed E-state index contributed by atoms with van der Waals surface area (Å²) >= 11 is 0. The molecule has 1 rings (SSSR count). The standard InChI is InChI=1S/C15H29NO2/c1-2-3-4-7-10-13-18-14(17)15(16)11-8-5-6-9-12-15/h2-13,16H2,1H3. The van der Waals surface area contributed by atoms with E-state index < -0.39 is 5.54 Å². The van der Waals surface area contributed by atoms with Crippen molar-refractivity contribution >= 4 is 5.97 Å². The van der Waals surface area contributed by atoms with Crippen molar-refractivity contribution in [2.75, 3.05) is 6.61 Å². The molecule has 2 N–H and O–H groups in total. The highest BCUT2D eigenvalue weighted by Crippen LogP contribution is 2.26. The molecule has 1 fully saturated rings. The molecule has 0 aromatic heterocycles. The van der Waals surface area contributed by atoms with E-state index in [1.165, 1.54) is 32.1 Å². The second-order valence-corrected chi connectivity index (χ2v) is 5.62. The predicted molar refractivity (Wildman–Crippen MR) is 74.3 cm³/mol. The van der Waals surface area contributed by atoms with E-state index in [4.69, 9.17) is 10.5 Å². The van der Waals surface area contributed by atoms with Crippen LogP contribution in [0.2, 0.25) is 0 Å². The Hall–Kier alpha value is -0.570. The number of carbonyl (C=O) groups is 1. The van der Waals surface area contributed by atoms with Crippen LogP contribution in [0.15, 0.2) is 0 Å². The van der Waals surface area contributed by atoms with Crippen LogP contribution in [0.3, 0.4) is 0 Å². The zero-order chi connectivity index (χ0) is 13.3. The van der Waals surface area contributed by atoms with E-state index in [2.05, 4.69) is 6.92 Å². The van der Waals surface area contributed by atoms with Gasteiger partial charge in [0.2, 0.25) is 0 Å². The molecule has 0 radical (unpaired) electrons. The number of hydrogen-bond acceptors (Lipinski definition) is 3. The molecule has 106 valence electrons. The first kappa shape index (κ1) is 15.5. The molecule has 0 saturated heterocycles. The summed E-state index contributed by atoms with van der Waals surface area (Å²) in [6.07, 6.45) is 12.0. The average molecular weight is 255 g/mol. The van der Waals surface area contributed by atoms with Gasteiger partial charge in [0.1, 0.15) is 5.54 Å². The molecule has 1 saturated carbocycles. The molecule has 0 aliphatic heterocycles. The maximum atomic E-state index is 12.0. The van der Waals surface area contributed by atoms with Gasteiger partial charge in [-0.1, -0.05) is 58.3 Å². The Morgan fingerprint density at radius 3 is 2.28 bits per heavy atom. The monoisotopic (exact) mass is 255 g/mol. The van der Waals surface area contributed by atoms with Crippen molar-refractivity contribution in [3.05, 3.63) is 0 Å². The van der Waals surface area contributed by atoms with Gasteiger partial charge in [-0.05, 0) is 19.3 Å². The van der Waals surface area contributed by atoms with Crippen LogP contribution in [-0.4, -0.2) is 18.1 Å². The minimum absolute atomic E-state index is 0.167. The molecular formula is C15H29NO2. The van der Waals surface area contributed by atoms with Gasteiger partial charge in [-0.2, -0.15) is 0 Å². The van der Waals surface area contributed by atoms with Gasteiger partial charge in [0.25, 0.3) is 0 Å². The minimum atomic E-state index is -0.695. The highest BCUT2D eigenvalue weighted by Gasteiger charge is 2.35. The van der Waals surface area contributed by atoms with Crippen LogP contribution < -0.4 is 5.73 Å². The molecule has 0 bridgehead atoms. The fraction of sp³-hybridized carbons (Fsp3) is 0.933. The second-order valence-electron chi connectivity index (χ2n) is 5.62. The first-order chi connectivity index (χ1) is 8.69. The molecule has 0 amide bonds. The van der Waals surface area contributed by atoms with Crippen LogP contribution in [0.25, 0.3) is 0 Å². The van der Waals surface area contributed by atoms with Crippen molar-refractivity contribution in [3.63, 3.8) is 0 Å². The lowest BCUT2D eigenvalue weighted by Crippen LogP contribution is -2.48. The molecule has 0 spiro atoms. The highest BCUT2D eigenvalue weighted by atomic mass is 16.5. The first-order valence-electron chi connectivity index (χ1n) is 7.65. The summed E-state index contributed by atoms with van der Waals surface area (Å²) in [7, 11) is 0. The molecule has 0 unspecified atom stereocenters. The van der Waals surface area contributed by atoms with E-state index in [1.54, 1.807) is 0 Å². The number of hydrogen-bond donors (Lipinski definition) is 1. The molecule has 0 heterocycles. The SMILES string of the molecule is CCCCCCCOC(=O)C1(N)CCCCCC1. The van der Waals surface area contributed by atoms with E-state index in [0.29, 0.717) is 6.61 Å². The average Bonchev–Trinajstić information content (AvgIpc) is 2.59. The van der Waals surface area contributed by atoms with Gasteiger partial charge in [-0.3, -0.25) is 4.79 Å². The van der Waals surface area contributed by atoms with Crippen LogP contribution in [-0.2, 0) is 9.53 Å². The lowest BCUT2D eigenvalue weighted by Gasteiger charge is -2.25. The summed E-state index contributed by atoms with van der Waals surface area (Å²) in [5, 5.41) is 0. The van der Waals surface area contributed by atoms with Gasteiger partial charge < -0.3 is 10.5 Å². The second kappa shape index (κ2) is 8.52.